The summed E-state index contributed by atoms with van der Waals surface area (Å²) < 4.78 is 28.5. The summed E-state index contributed by atoms with van der Waals surface area (Å²) in [5.74, 6) is 0.248. The Bertz CT molecular complexity index is 1570. The summed E-state index contributed by atoms with van der Waals surface area (Å²) in [6.07, 6.45) is 5.05. The molecule has 1 N–H and O–H groups in total. The summed E-state index contributed by atoms with van der Waals surface area (Å²) in [7, 11) is -1.67. The molecule has 4 aromatic rings. The maximum absolute atomic E-state index is 13.6. The van der Waals surface area contributed by atoms with Crippen molar-refractivity contribution in [2.45, 2.75) is 31.2 Å². The van der Waals surface area contributed by atoms with Crippen LogP contribution in [0.2, 0.25) is 0 Å². The largest absolute Gasteiger partial charge is 0.351 e. The van der Waals surface area contributed by atoms with Crippen LogP contribution in [0.3, 0.4) is 0 Å². The number of nitrogens with one attached hydrogen (secondary N) is 1. The minimum atomic E-state index is -3.68. The summed E-state index contributed by atoms with van der Waals surface area (Å²) >= 11 is 0. The number of benzene rings is 2. The minimum Gasteiger partial charge on any atom is -0.351 e. The Morgan fingerprint density at radius 1 is 1.02 bits per heavy atom. The van der Waals surface area contributed by atoms with Gasteiger partial charge in [-0.15, -0.1) is 0 Å². The van der Waals surface area contributed by atoms with Crippen molar-refractivity contribution in [3.63, 3.8) is 0 Å². The Morgan fingerprint density at radius 3 is 2.48 bits per heavy atom. The fourth-order valence-corrected chi connectivity index (χ4v) is 6.52. The normalized spacial score (nSPS) is 15.0. The number of piperidine rings is 1. The highest BCUT2D eigenvalue weighted by molar-refractivity contribution is 7.89. The summed E-state index contributed by atoms with van der Waals surface area (Å²) in [6, 6.07) is 20.5. The summed E-state index contributed by atoms with van der Waals surface area (Å²) in [6.45, 7) is 5.04. The monoisotopic (exact) mass is 557 g/mol. The van der Waals surface area contributed by atoms with Crippen LogP contribution in [-0.4, -0.2) is 66.7 Å². The van der Waals surface area contributed by atoms with E-state index in [1.54, 1.807) is 41.0 Å². The number of likely N-dealkylation sites (N-methyl/N-ethyl adjacent to an activating group) is 1. The molecular weight excluding hydrogens is 522 g/mol. The van der Waals surface area contributed by atoms with Crippen LogP contribution in [0.4, 0.5) is 0 Å². The maximum Gasteiger partial charge on any atom is 0.252 e. The molecule has 1 aliphatic heterocycles. The Kier molecular flexibility index (Phi) is 8.54. The zero-order chi connectivity index (χ0) is 28.1. The number of carbonyl (C=O) groups is 1. The van der Waals surface area contributed by atoms with Crippen molar-refractivity contribution in [2.75, 3.05) is 33.2 Å². The minimum absolute atomic E-state index is 0.185. The SMILES string of the molecule is CC1CCN(S(=O)(=O)c2ccc3nc(-c4ccncc4)cc(C(=O)NCCN(C)Cc4ccccc4)c3c2)CC1. The Balaban J connectivity index is 1.42. The molecule has 40 heavy (non-hydrogen) atoms. The fraction of sp³-hybridized carbons (Fsp3) is 0.323. The average molecular weight is 558 g/mol. The lowest BCUT2D eigenvalue weighted by Crippen LogP contribution is -2.37. The average Bonchev–Trinajstić information content (AvgIpc) is 2.97. The van der Waals surface area contributed by atoms with Gasteiger partial charge < -0.3 is 10.2 Å². The predicted octanol–water partition coefficient (Wildman–Crippen LogP) is 4.58. The van der Waals surface area contributed by atoms with Gasteiger partial charge in [-0.2, -0.15) is 4.31 Å². The van der Waals surface area contributed by atoms with Gasteiger partial charge in [0.15, 0.2) is 0 Å². The first-order valence-corrected chi connectivity index (χ1v) is 15.1. The smallest absolute Gasteiger partial charge is 0.252 e. The first-order chi connectivity index (χ1) is 19.3. The molecule has 0 unspecified atom stereocenters. The topological polar surface area (TPSA) is 95.5 Å². The standard InChI is InChI=1S/C31H35N5O3S/c1-23-12-17-36(18-13-23)40(38,39)26-8-9-29-27(20-26)28(21-30(34-29)25-10-14-32-15-11-25)31(37)33-16-19-35(2)22-24-6-4-3-5-7-24/h3-11,14-15,20-21,23H,12-13,16-19,22H2,1-2H3,(H,33,37). The van der Waals surface area contributed by atoms with Crippen molar-refractivity contribution in [2.24, 2.45) is 5.92 Å². The van der Waals surface area contributed by atoms with E-state index in [1.807, 2.05) is 37.4 Å². The van der Waals surface area contributed by atoms with Crippen LogP contribution in [0.5, 0.6) is 0 Å². The first-order valence-electron chi connectivity index (χ1n) is 13.7. The van der Waals surface area contributed by atoms with Crippen molar-refractivity contribution >= 4 is 26.8 Å². The van der Waals surface area contributed by atoms with E-state index in [0.29, 0.717) is 54.3 Å². The lowest BCUT2D eigenvalue weighted by atomic mass is 10.0. The zero-order valence-corrected chi connectivity index (χ0v) is 23.8. The number of carbonyl (C=O) groups excluding carboxylic acids is 1. The van der Waals surface area contributed by atoms with E-state index in [4.69, 9.17) is 4.98 Å². The maximum atomic E-state index is 13.6. The molecule has 1 saturated heterocycles. The van der Waals surface area contributed by atoms with Crippen molar-refractivity contribution in [3.05, 3.63) is 90.3 Å². The highest BCUT2D eigenvalue weighted by Gasteiger charge is 2.29. The lowest BCUT2D eigenvalue weighted by Gasteiger charge is -2.29. The van der Waals surface area contributed by atoms with Crippen LogP contribution in [0.15, 0.2) is 84.0 Å². The second-order valence-corrected chi connectivity index (χ2v) is 12.5. The molecule has 1 aliphatic rings. The fourth-order valence-electron chi connectivity index (χ4n) is 5.03. The number of hydrogen-bond acceptors (Lipinski definition) is 6. The number of pyridine rings is 2. The molecule has 0 saturated carbocycles. The van der Waals surface area contributed by atoms with Crippen molar-refractivity contribution in [1.82, 2.24) is 24.5 Å². The van der Waals surface area contributed by atoms with E-state index in [2.05, 4.69) is 34.3 Å². The van der Waals surface area contributed by atoms with Gasteiger partial charge in [0.25, 0.3) is 5.91 Å². The van der Waals surface area contributed by atoms with Crippen molar-refractivity contribution in [3.8, 4) is 11.3 Å². The van der Waals surface area contributed by atoms with Crippen LogP contribution >= 0.6 is 0 Å². The lowest BCUT2D eigenvalue weighted by molar-refractivity contribution is 0.0951. The van der Waals surface area contributed by atoms with Gasteiger partial charge in [0.05, 0.1) is 21.7 Å². The van der Waals surface area contributed by atoms with Crippen LogP contribution < -0.4 is 5.32 Å². The van der Waals surface area contributed by atoms with Gasteiger partial charge in [-0.3, -0.25) is 9.78 Å². The first kappa shape index (κ1) is 27.9. The molecule has 0 atom stereocenters. The molecule has 9 heteroatoms. The number of sulfonamides is 1. The van der Waals surface area contributed by atoms with Gasteiger partial charge in [-0.1, -0.05) is 37.3 Å². The van der Waals surface area contributed by atoms with Crippen LogP contribution in [-0.2, 0) is 16.6 Å². The molecule has 1 amide bonds. The second-order valence-electron chi connectivity index (χ2n) is 10.5. The molecule has 0 spiro atoms. The molecule has 2 aromatic carbocycles. The highest BCUT2D eigenvalue weighted by Crippen LogP contribution is 2.29. The number of hydrogen-bond donors (Lipinski definition) is 1. The second kappa shape index (κ2) is 12.2. The van der Waals surface area contributed by atoms with Gasteiger partial charge in [-0.05, 0) is 67.8 Å². The van der Waals surface area contributed by atoms with Crippen molar-refractivity contribution in [1.29, 1.82) is 0 Å². The third-order valence-corrected chi connectivity index (χ3v) is 9.35. The predicted molar refractivity (Wildman–Crippen MR) is 157 cm³/mol. The van der Waals surface area contributed by atoms with E-state index >= 15 is 0 Å². The van der Waals surface area contributed by atoms with Gasteiger partial charge in [0.2, 0.25) is 10.0 Å². The summed E-state index contributed by atoms with van der Waals surface area (Å²) in [5, 5.41) is 3.55. The van der Waals surface area contributed by atoms with Gasteiger partial charge in [0.1, 0.15) is 0 Å². The van der Waals surface area contributed by atoms with Crippen LogP contribution in [0.25, 0.3) is 22.2 Å². The molecule has 0 bridgehead atoms. The Labute approximate surface area is 236 Å². The molecule has 8 nitrogen and oxygen atoms in total. The number of nitrogens with zero attached hydrogens (tertiary/aromatic N) is 4. The molecular formula is C31H35N5O3S. The zero-order valence-electron chi connectivity index (χ0n) is 23.0. The molecule has 208 valence electrons. The molecule has 0 radical (unpaired) electrons. The van der Waals surface area contributed by atoms with Gasteiger partial charge in [0, 0.05) is 56.1 Å². The van der Waals surface area contributed by atoms with Crippen LogP contribution in [0.1, 0.15) is 35.7 Å². The van der Waals surface area contributed by atoms with Crippen molar-refractivity contribution < 1.29 is 13.2 Å². The third-order valence-electron chi connectivity index (χ3n) is 7.46. The number of fused-ring (bicyclic) bond motifs is 1. The van der Waals surface area contributed by atoms with E-state index < -0.39 is 10.0 Å². The van der Waals surface area contributed by atoms with Gasteiger partial charge in [-0.25, -0.2) is 13.4 Å². The van der Waals surface area contributed by atoms with E-state index in [-0.39, 0.29) is 10.8 Å². The van der Waals surface area contributed by atoms with Gasteiger partial charge >= 0.3 is 0 Å². The third kappa shape index (κ3) is 6.38. The summed E-state index contributed by atoms with van der Waals surface area (Å²) in [4.78, 5) is 24.7. The molecule has 0 aliphatic carbocycles. The number of rotatable bonds is 9. The molecule has 3 heterocycles. The molecule has 5 rings (SSSR count). The van der Waals surface area contributed by atoms with E-state index in [1.165, 1.54) is 5.56 Å². The van der Waals surface area contributed by atoms with E-state index in [0.717, 1.165) is 24.9 Å². The number of amides is 1. The number of aromatic nitrogens is 2. The van der Waals surface area contributed by atoms with Crippen LogP contribution in [0, 0.1) is 5.92 Å². The Hall–Kier alpha value is -3.66. The highest BCUT2D eigenvalue weighted by atomic mass is 32.2. The Morgan fingerprint density at radius 2 is 1.75 bits per heavy atom. The summed E-state index contributed by atoms with van der Waals surface area (Å²) in [5.41, 5.74) is 3.61. The van der Waals surface area contributed by atoms with E-state index in [9.17, 15) is 13.2 Å². The molecule has 1 fully saturated rings. The molecule has 2 aromatic heterocycles. The quantitative estimate of drug-likeness (QED) is 0.324.